The molecule has 4 aromatic rings. The fourth-order valence-corrected chi connectivity index (χ4v) is 5.62. The number of hydrogen-bond acceptors (Lipinski definition) is 1. The van der Waals surface area contributed by atoms with Crippen LogP contribution < -0.4 is 5.32 Å². The summed E-state index contributed by atoms with van der Waals surface area (Å²) in [7, 11) is 0. The molecule has 0 atom stereocenters. The number of nitrogens with one attached hydrogen (secondary N) is 1. The van der Waals surface area contributed by atoms with E-state index in [9.17, 15) is 4.79 Å². The molecule has 2 amide bonds. The Balaban J connectivity index is 1.48. The molecule has 35 heavy (non-hydrogen) atoms. The normalized spacial score (nSPS) is 14.7. The van der Waals surface area contributed by atoms with Crippen molar-refractivity contribution in [1.82, 2.24) is 4.90 Å². The standard InChI is InChI=1S/C32H36N2O/c1-2-11-24-18-20-27(21-19-24)33-32(35)34(28-13-5-3-4-6-14-28)23-26-22-25-12-7-8-15-29(25)31-17-10-9-16-30(26)31/h7-10,12,15-22,28H,2-6,11,13-14,23H2,1H3,(H,33,35). The Labute approximate surface area is 209 Å². The van der Waals surface area contributed by atoms with Crippen molar-refractivity contribution in [2.75, 3.05) is 5.32 Å². The zero-order chi connectivity index (χ0) is 24.0. The number of anilines is 1. The van der Waals surface area contributed by atoms with Crippen LogP contribution in [-0.4, -0.2) is 17.0 Å². The second kappa shape index (κ2) is 10.9. The molecule has 0 spiro atoms. The predicted molar refractivity (Wildman–Crippen MR) is 148 cm³/mol. The van der Waals surface area contributed by atoms with E-state index in [0.29, 0.717) is 6.54 Å². The van der Waals surface area contributed by atoms with Crippen molar-refractivity contribution in [2.24, 2.45) is 0 Å². The van der Waals surface area contributed by atoms with Crippen LogP contribution in [0.3, 0.4) is 0 Å². The number of carbonyl (C=O) groups excluding carboxylic acids is 1. The summed E-state index contributed by atoms with van der Waals surface area (Å²) in [5.74, 6) is 0. The summed E-state index contributed by atoms with van der Waals surface area (Å²) in [6.07, 6.45) is 9.27. The van der Waals surface area contributed by atoms with Crippen molar-refractivity contribution in [3.8, 4) is 0 Å². The van der Waals surface area contributed by atoms with Crippen molar-refractivity contribution in [2.45, 2.75) is 70.9 Å². The third kappa shape index (κ3) is 5.35. The third-order valence-corrected chi connectivity index (χ3v) is 7.46. The van der Waals surface area contributed by atoms with Gasteiger partial charge in [-0.05, 0) is 70.1 Å². The highest BCUT2D eigenvalue weighted by molar-refractivity contribution is 6.09. The minimum absolute atomic E-state index is 0.0115. The molecule has 1 aliphatic carbocycles. The summed E-state index contributed by atoms with van der Waals surface area (Å²) in [4.78, 5) is 15.9. The zero-order valence-corrected chi connectivity index (χ0v) is 20.8. The molecule has 4 aromatic carbocycles. The number of fused-ring (bicyclic) bond motifs is 3. The quantitative estimate of drug-likeness (QED) is 0.225. The van der Waals surface area contributed by atoms with E-state index in [-0.39, 0.29) is 12.1 Å². The van der Waals surface area contributed by atoms with Gasteiger partial charge in [0, 0.05) is 18.3 Å². The second-order valence-corrected chi connectivity index (χ2v) is 9.95. The fourth-order valence-electron chi connectivity index (χ4n) is 5.62. The van der Waals surface area contributed by atoms with Crippen molar-refractivity contribution in [3.05, 3.63) is 90.0 Å². The maximum atomic E-state index is 13.8. The lowest BCUT2D eigenvalue weighted by Gasteiger charge is -2.32. The first-order chi connectivity index (χ1) is 17.2. The monoisotopic (exact) mass is 464 g/mol. The minimum Gasteiger partial charge on any atom is -0.317 e. The first kappa shape index (κ1) is 23.4. The number of rotatable bonds is 6. The number of nitrogens with zero attached hydrogens (tertiary/aromatic N) is 1. The molecule has 1 fully saturated rings. The van der Waals surface area contributed by atoms with Gasteiger partial charge in [0.1, 0.15) is 0 Å². The molecule has 1 saturated carbocycles. The summed E-state index contributed by atoms with van der Waals surface area (Å²) in [5.41, 5.74) is 3.41. The van der Waals surface area contributed by atoms with Crippen molar-refractivity contribution < 1.29 is 4.79 Å². The van der Waals surface area contributed by atoms with E-state index in [1.165, 1.54) is 58.4 Å². The summed E-state index contributed by atoms with van der Waals surface area (Å²) < 4.78 is 0. The smallest absolute Gasteiger partial charge is 0.317 e. The molecule has 0 heterocycles. The summed E-state index contributed by atoms with van der Waals surface area (Å²) in [5, 5.41) is 8.22. The number of urea groups is 1. The highest BCUT2D eigenvalue weighted by Gasteiger charge is 2.26. The third-order valence-electron chi connectivity index (χ3n) is 7.46. The number of benzene rings is 4. The zero-order valence-electron chi connectivity index (χ0n) is 20.8. The molecule has 0 bridgehead atoms. The lowest BCUT2D eigenvalue weighted by atomic mass is 9.96. The average Bonchev–Trinajstić information content (AvgIpc) is 3.18. The van der Waals surface area contributed by atoms with Crippen LogP contribution in [0, 0.1) is 0 Å². The van der Waals surface area contributed by atoms with Gasteiger partial charge in [0.25, 0.3) is 0 Å². The van der Waals surface area contributed by atoms with Gasteiger partial charge in [-0.25, -0.2) is 4.79 Å². The number of amides is 2. The van der Waals surface area contributed by atoms with Gasteiger partial charge in [-0.1, -0.05) is 99.7 Å². The molecule has 3 nitrogen and oxygen atoms in total. The van der Waals surface area contributed by atoms with Gasteiger partial charge in [-0.2, -0.15) is 0 Å². The molecule has 180 valence electrons. The molecule has 0 saturated heterocycles. The molecule has 3 heteroatoms. The van der Waals surface area contributed by atoms with Crippen LogP contribution in [-0.2, 0) is 13.0 Å². The van der Waals surface area contributed by atoms with E-state index in [1.807, 2.05) is 12.1 Å². The predicted octanol–water partition coefficient (Wildman–Crippen LogP) is 8.70. The average molecular weight is 465 g/mol. The first-order valence-corrected chi connectivity index (χ1v) is 13.3. The summed E-state index contributed by atoms with van der Waals surface area (Å²) in [6.45, 7) is 2.81. The molecule has 0 unspecified atom stereocenters. The van der Waals surface area contributed by atoms with Crippen molar-refractivity contribution >= 4 is 33.3 Å². The van der Waals surface area contributed by atoms with E-state index in [4.69, 9.17) is 0 Å². The Morgan fingerprint density at radius 1 is 0.829 bits per heavy atom. The van der Waals surface area contributed by atoms with Gasteiger partial charge in [0.05, 0.1) is 0 Å². The summed E-state index contributed by atoms with van der Waals surface area (Å²) >= 11 is 0. The highest BCUT2D eigenvalue weighted by Crippen LogP contribution is 2.31. The highest BCUT2D eigenvalue weighted by atomic mass is 16.2. The Morgan fingerprint density at radius 3 is 2.20 bits per heavy atom. The maximum absolute atomic E-state index is 13.8. The van der Waals surface area contributed by atoms with Crippen LogP contribution in [0.2, 0.25) is 0 Å². The summed E-state index contributed by atoms with van der Waals surface area (Å²) in [6, 6.07) is 28.1. The first-order valence-electron chi connectivity index (χ1n) is 13.3. The van der Waals surface area contributed by atoms with Crippen molar-refractivity contribution in [1.29, 1.82) is 0 Å². The van der Waals surface area contributed by atoms with Gasteiger partial charge in [-0.3, -0.25) is 0 Å². The Hall–Kier alpha value is -3.33. The largest absolute Gasteiger partial charge is 0.322 e. The molecule has 1 aliphatic rings. The molecular weight excluding hydrogens is 428 g/mol. The second-order valence-electron chi connectivity index (χ2n) is 9.95. The minimum atomic E-state index is 0.0115. The van der Waals surface area contributed by atoms with Gasteiger partial charge in [-0.15, -0.1) is 0 Å². The van der Waals surface area contributed by atoms with Crippen LogP contribution in [0.15, 0.2) is 78.9 Å². The van der Waals surface area contributed by atoms with Gasteiger partial charge in [0.2, 0.25) is 0 Å². The van der Waals surface area contributed by atoms with E-state index in [0.717, 1.165) is 31.4 Å². The Bertz CT molecular complexity index is 1290. The van der Waals surface area contributed by atoms with Gasteiger partial charge in [0.15, 0.2) is 0 Å². The molecule has 0 radical (unpaired) electrons. The van der Waals surface area contributed by atoms with Gasteiger partial charge < -0.3 is 10.2 Å². The molecule has 5 rings (SSSR count). The van der Waals surface area contributed by atoms with E-state index in [1.54, 1.807) is 0 Å². The van der Waals surface area contributed by atoms with E-state index >= 15 is 0 Å². The molecule has 0 aromatic heterocycles. The molecule has 0 aliphatic heterocycles. The van der Waals surface area contributed by atoms with E-state index < -0.39 is 0 Å². The number of hydrogen-bond donors (Lipinski definition) is 1. The Morgan fingerprint density at radius 2 is 1.49 bits per heavy atom. The van der Waals surface area contributed by atoms with E-state index in [2.05, 4.69) is 83.9 Å². The fraction of sp³-hybridized carbons (Fsp3) is 0.344. The number of aryl methyl sites for hydroxylation is 1. The maximum Gasteiger partial charge on any atom is 0.322 e. The lowest BCUT2D eigenvalue weighted by Crippen LogP contribution is -2.42. The Kier molecular flexibility index (Phi) is 7.32. The SMILES string of the molecule is CCCc1ccc(NC(=O)N(Cc2cc3ccccc3c3ccccc23)C2CCCCCC2)cc1. The molecule has 1 N–H and O–H groups in total. The topological polar surface area (TPSA) is 32.3 Å². The van der Waals surface area contributed by atoms with Crippen LogP contribution in [0.5, 0.6) is 0 Å². The van der Waals surface area contributed by atoms with Crippen LogP contribution >= 0.6 is 0 Å². The van der Waals surface area contributed by atoms with Crippen LogP contribution in [0.4, 0.5) is 10.5 Å². The molecular formula is C32H36N2O. The van der Waals surface area contributed by atoms with Crippen LogP contribution in [0.1, 0.15) is 63.0 Å². The number of carbonyl (C=O) groups is 1. The lowest BCUT2D eigenvalue weighted by molar-refractivity contribution is 0.176. The van der Waals surface area contributed by atoms with Crippen LogP contribution in [0.25, 0.3) is 21.5 Å². The van der Waals surface area contributed by atoms with Crippen molar-refractivity contribution in [3.63, 3.8) is 0 Å². The van der Waals surface area contributed by atoms with Gasteiger partial charge >= 0.3 is 6.03 Å².